The second-order valence-corrected chi connectivity index (χ2v) is 10.6. The molecule has 5 rings (SSSR count). The lowest BCUT2D eigenvalue weighted by Gasteiger charge is -2.30. The van der Waals surface area contributed by atoms with Crippen molar-refractivity contribution in [3.05, 3.63) is 58.4 Å². The van der Waals surface area contributed by atoms with Gasteiger partial charge in [0.15, 0.2) is 0 Å². The number of allylic oxidation sites excluding steroid dienone is 4. The molecule has 2 heterocycles. The molecule has 1 aromatic heterocycles. The molecule has 6 nitrogen and oxygen atoms in total. The van der Waals surface area contributed by atoms with E-state index in [0.717, 1.165) is 60.9 Å². The lowest BCUT2D eigenvalue weighted by atomic mass is 9.86. The third kappa shape index (κ3) is 5.09. The van der Waals surface area contributed by atoms with Gasteiger partial charge < -0.3 is 20.9 Å². The molecule has 1 atom stereocenters. The fourth-order valence-corrected chi connectivity index (χ4v) is 5.64. The third-order valence-electron chi connectivity index (χ3n) is 7.04. The average molecular weight is 509 g/mol. The summed E-state index contributed by atoms with van der Waals surface area (Å²) < 4.78 is 1.28. The predicted molar refractivity (Wildman–Crippen MR) is 141 cm³/mol. The predicted octanol–water partition coefficient (Wildman–Crippen LogP) is 4.93. The maximum Gasteiger partial charge on any atom is 0.225 e. The molecule has 174 valence electrons. The topological polar surface area (TPSA) is 65.1 Å². The van der Waals surface area contributed by atoms with Gasteiger partial charge in [-0.1, -0.05) is 34.1 Å². The Morgan fingerprint density at radius 3 is 2.73 bits per heavy atom. The minimum Gasteiger partial charge on any atom is -0.364 e. The number of benzene rings is 1. The number of nitrogens with zero attached hydrogens (tertiary/aromatic N) is 3. The van der Waals surface area contributed by atoms with Crippen molar-refractivity contribution < 1.29 is 0 Å². The van der Waals surface area contributed by atoms with Gasteiger partial charge in [-0.15, -0.1) is 0 Å². The van der Waals surface area contributed by atoms with Gasteiger partial charge in [-0.05, 0) is 72.8 Å². The van der Waals surface area contributed by atoms with Gasteiger partial charge in [0.25, 0.3) is 0 Å². The zero-order chi connectivity index (χ0) is 22.8. The molecule has 3 aliphatic rings. The maximum atomic E-state index is 4.81. The Kier molecular flexibility index (Phi) is 6.69. The fraction of sp³-hybridized carbons (Fsp3) is 0.462. The number of fused-ring (bicyclic) bond motifs is 2. The van der Waals surface area contributed by atoms with Crippen LogP contribution in [0.3, 0.4) is 0 Å². The summed E-state index contributed by atoms with van der Waals surface area (Å²) >= 11 is 3.66. The molecule has 33 heavy (non-hydrogen) atoms. The summed E-state index contributed by atoms with van der Waals surface area (Å²) in [6.07, 6.45) is 12.4. The van der Waals surface area contributed by atoms with Crippen molar-refractivity contribution in [2.24, 2.45) is 11.8 Å². The van der Waals surface area contributed by atoms with Crippen LogP contribution in [0.4, 0.5) is 11.8 Å². The van der Waals surface area contributed by atoms with Crippen LogP contribution in [-0.2, 0) is 0 Å². The first kappa shape index (κ1) is 22.4. The Balaban J connectivity index is 1.10. The van der Waals surface area contributed by atoms with Crippen molar-refractivity contribution in [1.82, 2.24) is 20.6 Å². The van der Waals surface area contributed by atoms with E-state index in [1.165, 1.54) is 28.6 Å². The van der Waals surface area contributed by atoms with E-state index in [1.807, 2.05) is 26.2 Å². The van der Waals surface area contributed by atoms with Gasteiger partial charge in [0.05, 0.1) is 5.52 Å². The highest BCUT2D eigenvalue weighted by molar-refractivity contribution is 9.11. The molecule has 3 N–H and O–H groups in total. The van der Waals surface area contributed by atoms with Gasteiger partial charge in [0.2, 0.25) is 5.95 Å². The third-order valence-corrected chi connectivity index (χ3v) is 7.63. The van der Waals surface area contributed by atoms with Crippen LogP contribution in [0.15, 0.2) is 58.4 Å². The highest BCUT2D eigenvalue weighted by atomic mass is 79.9. The van der Waals surface area contributed by atoms with Gasteiger partial charge in [-0.25, -0.2) is 4.98 Å². The highest BCUT2D eigenvalue weighted by Crippen LogP contribution is 2.35. The van der Waals surface area contributed by atoms with Crippen molar-refractivity contribution >= 4 is 38.6 Å². The zero-order valence-corrected chi connectivity index (χ0v) is 21.0. The van der Waals surface area contributed by atoms with E-state index in [-0.39, 0.29) is 0 Å². The number of hydrogen-bond donors (Lipinski definition) is 3. The minimum absolute atomic E-state index is 0.443. The first-order valence-electron chi connectivity index (χ1n) is 12.0. The summed E-state index contributed by atoms with van der Waals surface area (Å²) in [4.78, 5) is 11.7. The quantitative estimate of drug-likeness (QED) is 0.492. The molecule has 1 aliphatic heterocycles. The first-order chi connectivity index (χ1) is 16.1. The Hall–Kier alpha value is -2.38. The maximum absolute atomic E-state index is 4.81. The summed E-state index contributed by atoms with van der Waals surface area (Å²) in [6.45, 7) is 2.05. The van der Waals surface area contributed by atoms with Crippen molar-refractivity contribution in [3.63, 3.8) is 0 Å². The van der Waals surface area contributed by atoms with E-state index in [4.69, 9.17) is 9.97 Å². The highest BCUT2D eigenvalue weighted by Gasteiger charge is 2.27. The van der Waals surface area contributed by atoms with E-state index in [1.54, 1.807) is 0 Å². The smallest absolute Gasteiger partial charge is 0.225 e. The number of hydrogen-bond acceptors (Lipinski definition) is 6. The van der Waals surface area contributed by atoms with Gasteiger partial charge in [-0.2, -0.15) is 4.98 Å². The van der Waals surface area contributed by atoms with Crippen molar-refractivity contribution in [2.45, 2.75) is 38.1 Å². The Morgan fingerprint density at radius 1 is 1.09 bits per heavy atom. The van der Waals surface area contributed by atoms with Crippen LogP contribution in [0.1, 0.15) is 32.1 Å². The molecule has 1 fully saturated rings. The molecular formula is C26H33BrN6. The summed E-state index contributed by atoms with van der Waals surface area (Å²) in [7, 11) is 4.07. The Bertz CT molecular complexity index is 1100. The number of aromatic nitrogens is 2. The minimum atomic E-state index is 0.443. The lowest BCUT2D eigenvalue weighted by molar-refractivity contribution is 0.326. The summed E-state index contributed by atoms with van der Waals surface area (Å²) in [5.74, 6) is 2.96. The molecule has 1 aromatic carbocycles. The van der Waals surface area contributed by atoms with Crippen LogP contribution < -0.4 is 20.9 Å². The van der Waals surface area contributed by atoms with Crippen LogP contribution in [0.2, 0.25) is 0 Å². The molecule has 0 spiro atoms. The molecular weight excluding hydrogens is 476 g/mol. The molecule has 0 bridgehead atoms. The molecule has 2 aromatic rings. The number of halogens is 1. The molecule has 0 radical (unpaired) electrons. The SMILES string of the molecule is CN(C)c1nc(NC2CCC(CNCC3=CNC4=CC=C(Br)CC34)CC2)nc2ccccc12. The van der Waals surface area contributed by atoms with Crippen molar-refractivity contribution in [2.75, 3.05) is 37.4 Å². The van der Waals surface area contributed by atoms with Gasteiger partial charge in [0.1, 0.15) is 5.82 Å². The van der Waals surface area contributed by atoms with Gasteiger partial charge in [0, 0.05) is 49.9 Å². The summed E-state index contributed by atoms with van der Waals surface area (Å²) in [6, 6.07) is 8.68. The van der Waals surface area contributed by atoms with E-state index in [2.05, 4.69) is 67.3 Å². The molecule has 2 aliphatic carbocycles. The Morgan fingerprint density at radius 2 is 1.91 bits per heavy atom. The number of para-hydroxylation sites is 1. The second-order valence-electron chi connectivity index (χ2n) is 9.63. The molecule has 7 heteroatoms. The van der Waals surface area contributed by atoms with E-state index < -0.39 is 0 Å². The van der Waals surface area contributed by atoms with Crippen LogP contribution in [0.5, 0.6) is 0 Å². The normalized spacial score (nSPS) is 24.5. The van der Waals surface area contributed by atoms with Crippen LogP contribution >= 0.6 is 15.9 Å². The second kappa shape index (κ2) is 9.85. The van der Waals surface area contributed by atoms with Crippen molar-refractivity contribution in [1.29, 1.82) is 0 Å². The van der Waals surface area contributed by atoms with Crippen LogP contribution in [0, 0.1) is 11.8 Å². The summed E-state index contributed by atoms with van der Waals surface area (Å²) in [5.41, 5.74) is 3.78. The number of rotatable bonds is 7. The molecule has 0 amide bonds. The fourth-order valence-electron chi connectivity index (χ4n) is 5.18. The van der Waals surface area contributed by atoms with Gasteiger partial charge >= 0.3 is 0 Å². The van der Waals surface area contributed by atoms with Crippen LogP contribution in [-0.4, -0.2) is 43.2 Å². The summed E-state index contributed by atoms with van der Waals surface area (Å²) in [5, 5.41) is 11.9. The van der Waals surface area contributed by atoms with Gasteiger partial charge in [-0.3, -0.25) is 0 Å². The number of nitrogens with one attached hydrogen (secondary N) is 3. The molecule has 0 saturated heterocycles. The van der Waals surface area contributed by atoms with Crippen molar-refractivity contribution in [3.8, 4) is 0 Å². The van der Waals surface area contributed by atoms with Crippen LogP contribution in [0.25, 0.3) is 10.9 Å². The first-order valence-corrected chi connectivity index (χ1v) is 12.8. The van der Waals surface area contributed by atoms with E-state index in [0.29, 0.717) is 12.0 Å². The van der Waals surface area contributed by atoms with E-state index >= 15 is 0 Å². The standard InChI is InChI=1S/C26H33BrN6/c1-33(2)25-21-5-3-4-6-24(21)31-26(32-25)30-20-10-7-17(8-11-20)14-28-15-18-16-29-23-12-9-19(27)13-22(18)23/h3-6,9,12,16-17,20,22,28-29H,7-8,10-11,13-15H2,1-2H3,(H,30,31,32). The average Bonchev–Trinajstić information content (AvgIpc) is 3.21. The molecule has 1 unspecified atom stereocenters. The van der Waals surface area contributed by atoms with E-state index in [9.17, 15) is 0 Å². The zero-order valence-electron chi connectivity index (χ0n) is 19.4. The Labute approximate surface area is 204 Å². The lowest BCUT2D eigenvalue weighted by Crippen LogP contribution is -2.33. The number of anilines is 2. The molecule has 1 saturated carbocycles. The largest absolute Gasteiger partial charge is 0.364 e. The monoisotopic (exact) mass is 508 g/mol.